The Bertz CT molecular complexity index is 1030. The smallest absolute Gasteiger partial charge is 0.270 e. The first-order valence-electron chi connectivity index (χ1n) is 10.2. The molecule has 2 aromatic carbocycles. The second-order valence-electron chi connectivity index (χ2n) is 7.73. The van der Waals surface area contributed by atoms with Crippen LogP contribution in [0.3, 0.4) is 0 Å². The van der Waals surface area contributed by atoms with Crippen LogP contribution in [0, 0.1) is 20.8 Å². The molecule has 2 heterocycles. The predicted octanol–water partition coefficient (Wildman–Crippen LogP) is 4.55. The van der Waals surface area contributed by atoms with E-state index in [9.17, 15) is 4.79 Å². The Labute approximate surface area is 167 Å². The summed E-state index contributed by atoms with van der Waals surface area (Å²) in [6.45, 7) is 12.6. The van der Waals surface area contributed by atoms with Gasteiger partial charge in [0.05, 0.1) is 0 Å². The van der Waals surface area contributed by atoms with Gasteiger partial charge in [0.25, 0.3) is 5.91 Å². The number of carbonyl (C=O) groups excluding carboxylic acids is 1. The number of aromatic nitrogens is 1. The van der Waals surface area contributed by atoms with E-state index in [2.05, 4.69) is 67.5 Å². The second kappa shape index (κ2) is 7.34. The van der Waals surface area contributed by atoms with Crippen LogP contribution in [-0.4, -0.2) is 41.6 Å². The van der Waals surface area contributed by atoms with Crippen molar-refractivity contribution >= 4 is 22.5 Å². The van der Waals surface area contributed by atoms with Crippen molar-refractivity contribution in [3.63, 3.8) is 0 Å². The molecule has 0 atom stereocenters. The second-order valence-corrected chi connectivity index (χ2v) is 7.73. The molecule has 1 aliphatic heterocycles. The maximum absolute atomic E-state index is 13.4. The molecule has 0 spiro atoms. The Kier molecular flexibility index (Phi) is 4.88. The fourth-order valence-electron chi connectivity index (χ4n) is 4.46. The average molecular weight is 376 g/mol. The average Bonchev–Trinajstić information content (AvgIpc) is 3.02. The molecule has 0 radical (unpaired) electrons. The first kappa shape index (κ1) is 18.6. The molecule has 28 heavy (non-hydrogen) atoms. The van der Waals surface area contributed by atoms with Crippen LogP contribution >= 0.6 is 0 Å². The van der Waals surface area contributed by atoms with E-state index in [-0.39, 0.29) is 5.91 Å². The molecular weight excluding hydrogens is 346 g/mol. The molecule has 1 amide bonds. The van der Waals surface area contributed by atoms with Crippen molar-refractivity contribution in [1.29, 1.82) is 0 Å². The Balaban J connectivity index is 1.57. The molecule has 0 bridgehead atoms. The molecule has 1 aromatic heterocycles. The van der Waals surface area contributed by atoms with Crippen LogP contribution in [0.1, 0.15) is 34.1 Å². The number of nitrogens with zero attached hydrogens (tertiary/aromatic N) is 3. The van der Waals surface area contributed by atoms with Crippen molar-refractivity contribution < 1.29 is 4.79 Å². The van der Waals surface area contributed by atoms with Crippen LogP contribution in [0.5, 0.6) is 0 Å². The molecule has 1 aliphatic rings. The molecule has 4 heteroatoms. The fourth-order valence-corrected chi connectivity index (χ4v) is 4.46. The number of fused-ring (bicyclic) bond motifs is 1. The predicted molar refractivity (Wildman–Crippen MR) is 116 cm³/mol. The number of piperazine rings is 1. The van der Waals surface area contributed by atoms with E-state index in [1.807, 2.05) is 17.0 Å². The number of carbonyl (C=O) groups is 1. The van der Waals surface area contributed by atoms with Crippen LogP contribution in [0.15, 0.2) is 42.5 Å². The minimum Gasteiger partial charge on any atom is -0.368 e. The van der Waals surface area contributed by atoms with Crippen molar-refractivity contribution in [2.24, 2.45) is 0 Å². The largest absolute Gasteiger partial charge is 0.368 e. The maximum atomic E-state index is 13.4. The minimum absolute atomic E-state index is 0.163. The quantitative estimate of drug-likeness (QED) is 0.672. The number of para-hydroxylation sites is 1. The highest BCUT2D eigenvalue weighted by Crippen LogP contribution is 2.28. The summed E-state index contributed by atoms with van der Waals surface area (Å²) in [6.07, 6.45) is 0. The zero-order valence-corrected chi connectivity index (χ0v) is 17.3. The number of amides is 1. The lowest BCUT2D eigenvalue weighted by Gasteiger charge is -2.37. The van der Waals surface area contributed by atoms with Crippen LogP contribution in [-0.2, 0) is 6.54 Å². The normalized spacial score (nSPS) is 14.7. The third-order valence-electron chi connectivity index (χ3n) is 6.23. The van der Waals surface area contributed by atoms with Crippen molar-refractivity contribution in [3.05, 3.63) is 64.8 Å². The molecule has 4 rings (SSSR count). The van der Waals surface area contributed by atoms with Gasteiger partial charge in [0.1, 0.15) is 5.69 Å². The number of hydrogen-bond acceptors (Lipinski definition) is 2. The van der Waals surface area contributed by atoms with Gasteiger partial charge in [-0.05, 0) is 56.5 Å². The molecule has 1 fully saturated rings. The van der Waals surface area contributed by atoms with Gasteiger partial charge in [-0.3, -0.25) is 4.79 Å². The molecule has 0 saturated carbocycles. The van der Waals surface area contributed by atoms with Crippen LogP contribution in [0.2, 0.25) is 0 Å². The van der Waals surface area contributed by atoms with Crippen LogP contribution in [0.25, 0.3) is 10.9 Å². The summed E-state index contributed by atoms with van der Waals surface area (Å²) in [6, 6.07) is 14.8. The number of anilines is 1. The first-order chi connectivity index (χ1) is 13.5. The standard InChI is InChI=1S/C24H29N3O/c1-5-27-22-11-7-6-10-20(22)19(4)23(27)24(28)26-15-13-25(14-16-26)21-12-8-9-17(2)18(21)3/h6-12H,5,13-16H2,1-4H3. The van der Waals surface area contributed by atoms with Crippen molar-refractivity contribution in [2.45, 2.75) is 34.2 Å². The highest BCUT2D eigenvalue weighted by atomic mass is 16.2. The Hall–Kier alpha value is -2.75. The van der Waals surface area contributed by atoms with E-state index in [1.165, 1.54) is 22.2 Å². The molecular formula is C24H29N3O. The summed E-state index contributed by atoms with van der Waals surface area (Å²) in [5.74, 6) is 0.163. The van der Waals surface area contributed by atoms with Crippen molar-refractivity contribution in [3.8, 4) is 0 Å². The van der Waals surface area contributed by atoms with E-state index in [4.69, 9.17) is 0 Å². The molecule has 0 aliphatic carbocycles. The lowest BCUT2D eigenvalue weighted by atomic mass is 10.1. The lowest BCUT2D eigenvalue weighted by molar-refractivity contribution is 0.0735. The zero-order chi connectivity index (χ0) is 19.8. The van der Waals surface area contributed by atoms with Crippen LogP contribution < -0.4 is 4.90 Å². The number of aryl methyl sites for hydroxylation is 3. The summed E-state index contributed by atoms with van der Waals surface area (Å²) in [5.41, 5.74) is 7.05. The van der Waals surface area contributed by atoms with E-state index in [1.54, 1.807) is 0 Å². The zero-order valence-electron chi connectivity index (χ0n) is 17.3. The van der Waals surface area contributed by atoms with Gasteiger partial charge in [-0.1, -0.05) is 30.3 Å². The number of hydrogen-bond donors (Lipinski definition) is 0. The Morgan fingerprint density at radius 3 is 2.32 bits per heavy atom. The molecule has 1 saturated heterocycles. The summed E-state index contributed by atoms with van der Waals surface area (Å²) >= 11 is 0. The van der Waals surface area contributed by atoms with Crippen LogP contribution in [0.4, 0.5) is 5.69 Å². The van der Waals surface area contributed by atoms with Crippen molar-refractivity contribution in [1.82, 2.24) is 9.47 Å². The third kappa shape index (κ3) is 2.97. The van der Waals surface area contributed by atoms with Gasteiger partial charge in [-0.2, -0.15) is 0 Å². The van der Waals surface area contributed by atoms with Gasteiger partial charge in [0, 0.05) is 49.3 Å². The first-order valence-corrected chi connectivity index (χ1v) is 10.2. The van der Waals surface area contributed by atoms with E-state index >= 15 is 0 Å². The molecule has 146 valence electrons. The summed E-state index contributed by atoms with van der Waals surface area (Å²) in [5, 5.41) is 1.18. The van der Waals surface area contributed by atoms with Gasteiger partial charge >= 0.3 is 0 Å². The summed E-state index contributed by atoms with van der Waals surface area (Å²) in [7, 11) is 0. The van der Waals surface area contributed by atoms with Gasteiger partial charge in [0.15, 0.2) is 0 Å². The Morgan fingerprint density at radius 2 is 1.61 bits per heavy atom. The third-order valence-corrected chi connectivity index (χ3v) is 6.23. The SMILES string of the molecule is CCn1c(C(=O)N2CCN(c3cccc(C)c3C)CC2)c(C)c2ccccc21. The van der Waals surface area contributed by atoms with Crippen molar-refractivity contribution in [2.75, 3.05) is 31.1 Å². The van der Waals surface area contributed by atoms with E-state index in [0.29, 0.717) is 0 Å². The minimum atomic E-state index is 0.163. The maximum Gasteiger partial charge on any atom is 0.270 e. The summed E-state index contributed by atoms with van der Waals surface area (Å²) in [4.78, 5) is 17.9. The van der Waals surface area contributed by atoms with Gasteiger partial charge in [0.2, 0.25) is 0 Å². The monoisotopic (exact) mass is 375 g/mol. The summed E-state index contributed by atoms with van der Waals surface area (Å²) < 4.78 is 2.17. The van der Waals surface area contributed by atoms with Gasteiger partial charge in [-0.15, -0.1) is 0 Å². The molecule has 3 aromatic rings. The Morgan fingerprint density at radius 1 is 0.893 bits per heavy atom. The molecule has 4 nitrogen and oxygen atoms in total. The fraction of sp³-hybridized carbons (Fsp3) is 0.375. The van der Waals surface area contributed by atoms with Gasteiger partial charge < -0.3 is 14.4 Å². The molecule has 0 unspecified atom stereocenters. The highest BCUT2D eigenvalue weighted by molar-refractivity contribution is 6.01. The lowest BCUT2D eigenvalue weighted by Crippen LogP contribution is -2.49. The van der Waals surface area contributed by atoms with E-state index in [0.717, 1.165) is 49.5 Å². The molecule has 0 N–H and O–H groups in total. The van der Waals surface area contributed by atoms with E-state index < -0.39 is 0 Å². The van der Waals surface area contributed by atoms with Gasteiger partial charge in [-0.25, -0.2) is 0 Å². The number of rotatable bonds is 3. The highest BCUT2D eigenvalue weighted by Gasteiger charge is 2.27. The number of benzene rings is 2. The topological polar surface area (TPSA) is 28.5 Å².